The Kier molecular flexibility index (Phi) is 3.48. The lowest BCUT2D eigenvalue weighted by Gasteiger charge is -2.19. The Morgan fingerprint density at radius 1 is 1.30 bits per heavy atom. The highest BCUT2D eigenvalue weighted by Gasteiger charge is 2.20. The molecular formula is C16H10ClN3O2S. The number of hydrogen-bond acceptors (Lipinski definition) is 5. The van der Waals surface area contributed by atoms with Crippen molar-refractivity contribution in [1.29, 1.82) is 0 Å². The lowest BCUT2D eigenvalue weighted by Crippen LogP contribution is -2.25. The SMILES string of the molecule is O=C1COc2c(Cl)cc(-c3csc(-c4cccnc4)n3)cc2N1. The van der Waals surface area contributed by atoms with Crippen LogP contribution in [0.2, 0.25) is 5.02 Å². The van der Waals surface area contributed by atoms with E-state index in [1.807, 2.05) is 23.6 Å². The molecule has 4 rings (SSSR count). The number of amides is 1. The minimum atomic E-state index is -0.194. The molecule has 3 heterocycles. The van der Waals surface area contributed by atoms with E-state index in [9.17, 15) is 4.79 Å². The summed E-state index contributed by atoms with van der Waals surface area (Å²) in [7, 11) is 0. The zero-order valence-corrected chi connectivity index (χ0v) is 13.3. The fraction of sp³-hybridized carbons (Fsp3) is 0.0625. The normalized spacial score (nSPS) is 13.2. The van der Waals surface area contributed by atoms with E-state index in [1.165, 1.54) is 11.3 Å². The molecular weight excluding hydrogens is 334 g/mol. The van der Waals surface area contributed by atoms with Crippen molar-refractivity contribution in [3.05, 3.63) is 47.1 Å². The van der Waals surface area contributed by atoms with E-state index in [4.69, 9.17) is 16.3 Å². The standard InChI is InChI=1S/C16H10ClN3O2S/c17-11-4-10(5-12-15(11)22-7-14(21)19-12)13-8-23-16(20-13)9-2-1-3-18-6-9/h1-6,8H,7H2,(H,19,21). The second-order valence-electron chi connectivity index (χ2n) is 4.95. The number of fused-ring (bicyclic) bond motifs is 1. The lowest BCUT2D eigenvalue weighted by atomic mass is 10.1. The Bertz CT molecular complexity index is 896. The van der Waals surface area contributed by atoms with Crippen LogP contribution < -0.4 is 10.1 Å². The summed E-state index contributed by atoms with van der Waals surface area (Å²) in [5.41, 5.74) is 3.15. The number of thiazole rings is 1. The molecule has 0 aliphatic carbocycles. The van der Waals surface area contributed by atoms with E-state index in [0.29, 0.717) is 16.5 Å². The van der Waals surface area contributed by atoms with Gasteiger partial charge in [0.2, 0.25) is 0 Å². The van der Waals surface area contributed by atoms with Crippen LogP contribution in [0.25, 0.3) is 21.8 Å². The van der Waals surface area contributed by atoms with Crippen molar-refractivity contribution in [2.24, 2.45) is 0 Å². The number of carbonyl (C=O) groups is 1. The Hall–Kier alpha value is -2.44. The molecule has 0 spiro atoms. The Labute approximate surface area is 140 Å². The van der Waals surface area contributed by atoms with Gasteiger partial charge < -0.3 is 10.1 Å². The van der Waals surface area contributed by atoms with Crippen molar-refractivity contribution in [2.75, 3.05) is 11.9 Å². The summed E-state index contributed by atoms with van der Waals surface area (Å²) in [5.74, 6) is 0.303. The van der Waals surface area contributed by atoms with Gasteiger partial charge in [0.1, 0.15) is 5.01 Å². The van der Waals surface area contributed by atoms with Crippen molar-refractivity contribution in [3.63, 3.8) is 0 Å². The molecule has 23 heavy (non-hydrogen) atoms. The van der Waals surface area contributed by atoms with E-state index in [1.54, 1.807) is 18.5 Å². The molecule has 0 saturated carbocycles. The molecule has 1 N–H and O–H groups in total. The largest absolute Gasteiger partial charge is 0.480 e. The molecule has 0 unspecified atom stereocenters. The van der Waals surface area contributed by atoms with Crippen LogP contribution in [0.3, 0.4) is 0 Å². The van der Waals surface area contributed by atoms with E-state index in [0.717, 1.165) is 21.8 Å². The van der Waals surface area contributed by atoms with Crippen molar-refractivity contribution in [3.8, 4) is 27.6 Å². The number of pyridine rings is 1. The molecule has 5 nitrogen and oxygen atoms in total. The van der Waals surface area contributed by atoms with Crippen LogP contribution in [0.5, 0.6) is 5.75 Å². The van der Waals surface area contributed by atoms with Crippen LogP contribution in [0.4, 0.5) is 5.69 Å². The number of anilines is 1. The van der Waals surface area contributed by atoms with Crippen LogP contribution in [0.1, 0.15) is 0 Å². The van der Waals surface area contributed by atoms with Crippen LogP contribution in [0, 0.1) is 0 Å². The number of aromatic nitrogens is 2. The quantitative estimate of drug-likeness (QED) is 0.767. The first-order valence-electron chi connectivity index (χ1n) is 6.83. The van der Waals surface area contributed by atoms with Gasteiger partial charge in [-0.25, -0.2) is 4.98 Å². The average molecular weight is 344 g/mol. The average Bonchev–Trinajstić information content (AvgIpc) is 3.05. The molecule has 114 valence electrons. The highest BCUT2D eigenvalue weighted by atomic mass is 35.5. The van der Waals surface area contributed by atoms with Gasteiger partial charge in [-0.05, 0) is 24.3 Å². The fourth-order valence-electron chi connectivity index (χ4n) is 2.33. The van der Waals surface area contributed by atoms with Gasteiger partial charge in [-0.3, -0.25) is 9.78 Å². The summed E-state index contributed by atoms with van der Waals surface area (Å²) in [5, 5.41) is 6.05. The first kappa shape index (κ1) is 14.2. The molecule has 7 heteroatoms. The van der Waals surface area contributed by atoms with Gasteiger partial charge in [-0.15, -0.1) is 11.3 Å². The lowest BCUT2D eigenvalue weighted by molar-refractivity contribution is -0.118. The molecule has 3 aromatic rings. The topological polar surface area (TPSA) is 64.1 Å². The number of hydrogen-bond donors (Lipinski definition) is 1. The molecule has 0 saturated heterocycles. The third-order valence-corrected chi connectivity index (χ3v) is 4.55. The molecule has 0 fully saturated rings. The van der Waals surface area contributed by atoms with Gasteiger partial charge in [0.25, 0.3) is 5.91 Å². The van der Waals surface area contributed by atoms with Crippen LogP contribution in [-0.2, 0) is 4.79 Å². The molecule has 1 aliphatic rings. The number of rotatable bonds is 2. The number of nitrogens with one attached hydrogen (secondary N) is 1. The third-order valence-electron chi connectivity index (χ3n) is 3.37. The van der Waals surface area contributed by atoms with E-state index in [-0.39, 0.29) is 12.5 Å². The highest BCUT2D eigenvalue weighted by Crippen LogP contribution is 2.40. The molecule has 0 radical (unpaired) electrons. The zero-order valence-electron chi connectivity index (χ0n) is 11.7. The molecule has 1 aliphatic heterocycles. The Balaban J connectivity index is 1.74. The van der Waals surface area contributed by atoms with Gasteiger partial charge in [0, 0.05) is 28.9 Å². The number of nitrogens with zero attached hydrogens (tertiary/aromatic N) is 2. The summed E-state index contributed by atoms with van der Waals surface area (Å²) in [6, 6.07) is 7.45. The number of benzene rings is 1. The summed E-state index contributed by atoms with van der Waals surface area (Å²) >= 11 is 7.79. The second kappa shape index (κ2) is 5.64. The first-order valence-corrected chi connectivity index (χ1v) is 8.09. The van der Waals surface area contributed by atoms with Crippen LogP contribution in [-0.4, -0.2) is 22.5 Å². The monoisotopic (exact) mass is 343 g/mol. The Morgan fingerprint density at radius 2 is 2.22 bits per heavy atom. The van der Waals surface area contributed by atoms with E-state index in [2.05, 4.69) is 15.3 Å². The van der Waals surface area contributed by atoms with Gasteiger partial charge in [0.05, 0.1) is 16.4 Å². The number of halogens is 1. The summed E-state index contributed by atoms with van der Waals surface area (Å²) < 4.78 is 5.36. The minimum absolute atomic E-state index is 0.0199. The molecule has 1 amide bonds. The maximum atomic E-state index is 11.5. The Morgan fingerprint density at radius 3 is 3.04 bits per heavy atom. The summed E-state index contributed by atoms with van der Waals surface area (Å²) in [6.45, 7) is -0.0199. The highest BCUT2D eigenvalue weighted by molar-refractivity contribution is 7.13. The van der Waals surface area contributed by atoms with E-state index < -0.39 is 0 Å². The minimum Gasteiger partial charge on any atom is -0.480 e. The van der Waals surface area contributed by atoms with Crippen LogP contribution in [0.15, 0.2) is 42.0 Å². The van der Waals surface area contributed by atoms with Gasteiger partial charge in [-0.2, -0.15) is 0 Å². The van der Waals surface area contributed by atoms with Gasteiger partial charge >= 0.3 is 0 Å². The maximum absolute atomic E-state index is 11.5. The maximum Gasteiger partial charge on any atom is 0.262 e. The van der Waals surface area contributed by atoms with Gasteiger partial charge in [0.15, 0.2) is 12.4 Å². The molecule has 2 aromatic heterocycles. The second-order valence-corrected chi connectivity index (χ2v) is 6.22. The molecule has 1 aromatic carbocycles. The smallest absolute Gasteiger partial charge is 0.262 e. The number of ether oxygens (including phenoxy) is 1. The van der Waals surface area contributed by atoms with Gasteiger partial charge in [-0.1, -0.05) is 11.6 Å². The van der Waals surface area contributed by atoms with E-state index >= 15 is 0 Å². The predicted octanol–water partition coefficient (Wildman–Crippen LogP) is 3.86. The van der Waals surface area contributed by atoms with Crippen LogP contribution >= 0.6 is 22.9 Å². The predicted molar refractivity (Wildman–Crippen MR) is 89.9 cm³/mol. The third kappa shape index (κ3) is 2.67. The fourth-order valence-corrected chi connectivity index (χ4v) is 3.43. The first-order chi connectivity index (χ1) is 11.2. The van der Waals surface area contributed by atoms with Crippen molar-refractivity contribution in [1.82, 2.24) is 9.97 Å². The molecule has 0 bridgehead atoms. The zero-order chi connectivity index (χ0) is 15.8. The van der Waals surface area contributed by atoms with Crippen molar-refractivity contribution < 1.29 is 9.53 Å². The molecule has 0 atom stereocenters. The van der Waals surface area contributed by atoms with Crippen molar-refractivity contribution >= 4 is 34.5 Å². The van der Waals surface area contributed by atoms with Crippen molar-refractivity contribution in [2.45, 2.75) is 0 Å². The number of carbonyl (C=O) groups excluding carboxylic acids is 1. The summed E-state index contributed by atoms with van der Waals surface area (Å²) in [6.07, 6.45) is 3.50. The summed E-state index contributed by atoms with van der Waals surface area (Å²) in [4.78, 5) is 20.2.